The van der Waals surface area contributed by atoms with Crippen LogP contribution in [0.2, 0.25) is 0 Å². The maximum atomic E-state index is 10.3. The van der Waals surface area contributed by atoms with Crippen LogP contribution in [0.25, 0.3) is 0 Å². The lowest BCUT2D eigenvalue weighted by Crippen LogP contribution is -2.38. The van der Waals surface area contributed by atoms with Gasteiger partial charge >= 0.3 is 0 Å². The SMILES string of the molecule is C=C[C@@H](C)[C@H](O)[C@H](C)[C@H](O)C1CCCCC1. The van der Waals surface area contributed by atoms with Gasteiger partial charge in [0.2, 0.25) is 0 Å². The lowest BCUT2D eigenvalue weighted by atomic mass is 9.77. The Kier molecular flexibility index (Phi) is 5.50. The molecule has 2 heteroatoms. The average Bonchev–Trinajstić information content (AvgIpc) is 2.36. The Bertz CT molecular complexity index is 209. The van der Waals surface area contributed by atoms with E-state index in [1.54, 1.807) is 6.08 Å². The van der Waals surface area contributed by atoms with Crippen LogP contribution in [0.4, 0.5) is 0 Å². The molecule has 94 valence electrons. The van der Waals surface area contributed by atoms with Crippen molar-refractivity contribution in [2.75, 3.05) is 0 Å². The van der Waals surface area contributed by atoms with Gasteiger partial charge in [-0.1, -0.05) is 39.2 Å². The quantitative estimate of drug-likeness (QED) is 0.708. The highest BCUT2D eigenvalue weighted by Crippen LogP contribution is 2.31. The summed E-state index contributed by atoms with van der Waals surface area (Å²) in [6, 6.07) is 0. The van der Waals surface area contributed by atoms with Gasteiger partial charge in [0.25, 0.3) is 0 Å². The first-order chi connectivity index (χ1) is 7.57. The first-order valence-corrected chi connectivity index (χ1v) is 6.56. The minimum atomic E-state index is -0.477. The number of aliphatic hydroxyl groups excluding tert-OH is 2. The maximum absolute atomic E-state index is 10.3. The summed E-state index contributed by atoms with van der Waals surface area (Å²) in [5, 5.41) is 20.3. The fourth-order valence-electron chi connectivity index (χ4n) is 2.73. The maximum Gasteiger partial charge on any atom is 0.0650 e. The first kappa shape index (κ1) is 13.7. The van der Waals surface area contributed by atoms with Gasteiger partial charge in [0.15, 0.2) is 0 Å². The highest BCUT2D eigenvalue weighted by molar-refractivity contribution is 4.88. The van der Waals surface area contributed by atoms with E-state index in [4.69, 9.17) is 0 Å². The Morgan fingerprint density at radius 2 is 1.69 bits per heavy atom. The highest BCUT2D eigenvalue weighted by atomic mass is 16.3. The molecule has 0 radical (unpaired) electrons. The molecule has 0 unspecified atom stereocenters. The van der Waals surface area contributed by atoms with Crippen molar-refractivity contribution in [3.8, 4) is 0 Å². The zero-order chi connectivity index (χ0) is 12.1. The molecular weight excluding hydrogens is 200 g/mol. The molecule has 0 amide bonds. The summed E-state index contributed by atoms with van der Waals surface area (Å²) in [5.41, 5.74) is 0. The topological polar surface area (TPSA) is 40.5 Å². The monoisotopic (exact) mass is 226 g/mol. The lowest BCUT2D eigenvalue weighted by molar-refractivity contribution is -0.0316. The van der Waals surface area contributed by atoms with Gasteiger partial charge in [-0.2, -0.15) is 0 Å². The van der Waals surface area contributed by atoms with Crippen LogP contribution in [-0.4, -0.2) is 22.4 Å². The van der Waals surface area contributed by atoms with Gasteiger partial charge in [0.1, 0.15) is 0 Å². The molecule has 0 aliphatic heterocycles. The third kappa shape index (κ3) is 3.33. The predicted molar refractivity (Wildman–Crippen MR) is 67.1 cm³/mol. The Labute approximate surface area is 99.4 Å². The molecule has 0 spiro atoms. The van der Waals surface area contributed by atoms with Crippen LogP contribution in [0.15, 0.2) is 12.7 Å². The summed E-state index contributed by atoms with van der Waals surface area (Å²) in [5.74, 6) is 0.375. The van der Waals surface area contributed by atoms with E-state index in [1.807, 2.05) is 13.8 Å². The van der Waals surface area contributed by atoms with Crippen LogP contribution in [0.1, 0.15) is 46.0 Å². The van der Waals surface area contributed by atoms with E-state index in [0.29, 0.717) is 5.92 Å². The minimum absolute atomic E-state index is 0.0493. The van der Waals surface area contributed by atoms with Gasteiger partial charge < -0.3 is 10.2 Å². The van der Waals surface area contributed by atoms with E-state index < -0.39 is 6.10 Å². The van der Waals surface area contributed by atoms with Crippen molar-refractivity contribution in [3.05, 3.63) is 12.7 Å². The van der Waals surface area contributed by atoms with Crippen LogP contribution < -0.4 is 0 Å². The minimum Gasteiger partial charge on any atom is -0.392 e. The van der Waals surface area contributed by atoms with Crippen molar-refractivity contribution in [1.29, 1.82) is 0 Å². The van der Waals surface area contributed by atoms with Crippen LogP contribution >= 0.6 is 0 Å². The zero-order valence-corrected chi connectivity index (χ0v) is 10.6. The summed E-state index contributed by atoms with van der Waals surface area (Å²) in [4.78, 5) is 0. The Balaban J connectivity index is 2.50. The molecule has 1 aliphatic rings. The molecule has 1 fully saturated rings. The molecule has 0 heterocycles. The molecule has 0 aromatic carbocycles. The number of hydrogen-bond donors (Lipinski definition) is 2. The van der Waals surface area contributed by atoms with Gasteiger partial charge in [-0.25, -0.2) is 0 Å². The summed E-state index contributed by atoms with van der Waals surface area (Å²) < 4.78 is 0. The predicted octanol–water partition coefficient (Wildman–Crippen LogP) is 2.75. The van der Waals surface area contributed by atoms with Crippen molar-refractivity contribution >= 4 is 0 Å². The van der Waals surface area contributed by atoms with E-state index in [1.165, 1.54) is 19.3 Å². The van der Waals surface area contributed by atoms with E-state index in [-0.39, 0.29) is 17.9 Å². The normalized spacial score (nSPS) is 25.8. The van der Waals surface area contributed by atoms with E-state index >= 15 is 0 Å². The Hall–Kier alpha value is -0.340. The second kappa shape index (κ2) is 6.41. The smallest absolute Gasteiger partial charge is 0.0650 e. The Morgan fingerprint density at radius 1 is 1.12 bits per heavy atom. The fourth-order valence-corrected chi connectivity index (χ4v) is 2.73. The van der Waals surface area contributed by atoms with Crippen LogP contribution in [0.3, 0.4) is 0 Å². The molecule has 1 rings (SSSR count). The lowest BCUT2D eigenvalue weighted by Gasteiger charge is -2.34. The summed E-state index contributed by atoms with van der Waals surface area (Å²) in [6.45, 7) is 7.59. The molecule has 0 saturated heterocycles. The molecular formula is C14H26O2. The molecule has 16 heavy (non-hydrogen) atoms. The standard InChI is InChI=1S/C14H26O2/c1-4-10(2)13(15)11(3)14(16)12-8-6-5-7-9-12/h4,10-16H,1,5-9H2,2-3H3/t10-,11+,13+,14+/m1/s1. The average molecular weight is 226 g/mol. The van der Waals surface area contributed by atoms with E-state index in [9.17, 15) is 10.2 Å². The van der Waals surface area contributed by atoms with Gasteiger partial charge in [-0.05, 0) is 18.8 Å². The summed E-state index contributed by atoms with van der Waals surface area (Å²) in [7, 11) is 0. The number of aliphatic hydroxyl groups is 2. The second-order valence-electron chi connectivity index (χ2n) is 5.33. The largest absolute Gasteiger partial charge is 0.392 e. The van der Waals surface area contributed by atoms with Gasteiger partial charge in [-0.15, -0.1) is 6.58 Å². The number of rotatable bonds is 5. The second-order valence-corrected chi connectivity index (χ2v) is 5.33. The molecule has 1 aliphatic carbocycles. The van der Waals surface area contributed by atoms with Crippen LogP contribution in [-0.2, 0) is 0 Å². The van der Waals surface area contributed by atoms with Crippen molar-refractivity contribution in [2.45, 2.75) is 58.2 Å². The third-order valence-electron chi connectivity index (χ3n) is 4.12. The molecule has 0 aromatic rings. The van der Waals surface area contributed by atoms with E-state index in [0.717, 1.165) is 12.8 Å². The molecule has 2 nitrogen and oxygen atoms in total. The molecule has 0 bridgehead atoms. The first-order valence-electron chi connectivity index (χ1n) is 6.56. The van der Waals surface area contributed by atoms with Gasteiger partial charge in [0, 0.05) is 11.8 Å². The highest BCUT2D eigenvalue weighted by Gasteiger charge is 2.31. The van der Waals surface area contributed by atoms with E-state index in [2.05, 4.69) is 6.58 Å². The van der Waals surface area contributed by atoms with Gasteiger partial charge in [0.05, 0.1) is 12.2 Å². The number of hydrogen-bond acceptors (Lipinski definition) is 2. The summed E-state index contributed by atoms with van der Waals surface area (Å²) in [6.07, 6.45) is 6.88. The van der Waals surface area contributed by atoms with Crippen LogP contribution in [0, 0.1) is 17.8 Å². The molecule has 4 atom stereocenters. The Morgan fingerprint density at radius 3 is 2.19 bits per heavy atom. The van der Waals surface area contributed by atoms with Crippen molar-refractivity contribution < 1.29 is 10.2 Å². The molecule has 2 N–H and O–H groups in total. The van der Waals surface area contributed by atoms with Crippen molar-refractivity contribution in [1.82, 2.24) is 0 Å². The van der Waals surface area contributed by atoms with Gasteiger partial charge in [-0.3, -0.25) is 0 Å². The van der Waals surface area contributed by atoms with Crippen molar-refractivity contribution in [3.63, 3.8) is 0 Å². The van der Waals surface area contributed by atoms with Crippen LogP contribution in [0.5, 0.6) is 0 Å². The van der Waals surface area contributed by atoms with Crippen molar-refractivity contribution in [2.24, 2.45) is 17.8 Å². The fraction of sp³-hybridized carbons (Fsp3) is 0.857. The molecule has 0 aromatic heterocycles. The zero-order valence-electron chi connectivity index (χ0n) is 10.6. The molecule has 1 saturated carbocycles. The summed E-state index contributed by atoms with van der Waals surface area (Å²) >= 11 is 0. The third-order valence-corrected chi connectivity index (χ3v) is 4.12.